The van der Waals surface area contributed by atoms with E-state index in [4.69, 9.17) is 0 Å². The van der Waals surface area contributed by atoms with Gasteiger partial charge in [0.25, 0.3) is 0 Å². The van der Waals surface area contributed by atoms with Crippen molar-refractivity contribution in [2.45, 2.75) is 59.3 Å². The molecule has 0 saturated carbocycles. The van der Waals surface area contributed by atoms with Crippen molar-refractivity contribution < 1.29 is 0 Å². The lowest BCUT2D eigenvalue weighted by molar-refractivity contribution is 0.261. The standard InChI is InChI=1S/C12H27N.Al.3H/c1-4-7-10-13(11-8-5-2)12-9-6-3;;;;/h4-12H2,1-3H3;;;;. The summed E-state index contributed by atoms with van der Waals surface area (Å²) in [6.07, 6.45) is 8.09. The first-order valence-corrected chi connectivity index (χ1v) is 6.07. The molecule has 0 aliphatic carbocycles. The molecule has 0 amide bonds. The van der Waals surface area contributed by atoms with Gasteiger partial charge >= 0.3 is 0 Å². The second kappa shape index (κ2) is 13.5. The van der Waals surface area contributed by atoms with E-state index in [0.29, 0.717) is 0 Å². The van der Waals surface area contributed by atoms with Gasteiger partial charge in [-0.25, -0.2) is 0 Å². The van der Waals surface area contributed by atoms with E-state index in [1.807, 2.05) is 0 Å². The van der Waals surface area contributed by atoms with E-state index in [0.717, 1.165) is 0 Å². The van der Waals surface area contributed by atoms with Gasteiger partial charge in [-0.2, -0.15) is 0 Å². The quantitative estimate of drug-likeness (QED) is 0.534. The molecule has 0 fully saturated rings. The van der Waals surface area contributed by atoms with Crippen LogP contribution in [-0.4, -0.2) is 41.9 Å². The largest absolute Gasteiger partial charge is 0.303 e. The van der Waals surface area contributed by atoms with Gasteiger partial charge in [-0.05, 0) is 38.9 Å². The van der Waals surface area contributed by atoms with E-state index in [9.17, 15) is 0 Å². The van der Waals surface area contributed by atoms with E-state index in [2.05, 4.69) is 25.7 Å². The Hall–Kier alpha value is 0.492. The predicted octanol–water partition coefficient (Wildman–Crippen LogP) is 2.50. The third-order valence-electron chi connectivity index (χ3n) is 2.48. The molecular weight excluding hydrogens is 185 g/mol. The summed E-state index contributed by atoms with van der Waals surface area (Å²) in [7, 11) is 0. The fourth-order valence-electron chi connectivity index (χ4n) is 1.48. The summed E-state index contributed by atoms with van der Waals surface area (Å²) >= 11 is 0. The number of hydrogen-bond acceptors (Lipinski definition) is 1. The molecule has 86 valence electrons. The van der Waals surface area contributed by atoms with Crippen LogP contribution in [0.25, 0.3) is 0 Å². The monoisotopic (exact) mass is 215 g/mol. The van der Waals surface area contributed by atoms with Gasteiger partial charge < -0.3 is 4.90 Å². The van der Waals surface area contributed by atoms with Gasteiger partial charge in [0.05, 0.1) is 0 Å². The minimum atomic E-state index is 0. The van der Waals surface area contributed by atoms with Crippen molar-refractivity contribution in [1.82, 2.24) is 4.90 Å². The van der Waals surface area contributed by atoms with E-state index in [1.165, 1.54) is 58.2 Å². The van der Waals surface area contributed by atoms with E-state index in [-0.39, 0.29) is 17.4 Å². The van der Waals surface area contributed by atoms with Crippen LogP contribution in [0.15, 0.2) is 0 Å². The topological polar surface area (TPSA) is 3.24 Å². The summed E-state index contributed by atoms with van der Waals surface area (Å²) in [5.41, 5.74) is 0. The molecule has 0 spiro atoms. The molecule has 0 bridgehead atoms. The third kappa shape index (κ3) is 10.6. The average Bonchev–Trinajstić information content (AvgIpc) is 2.17. The van der Waals surface area contributed by atoms with Gasteiger partial charge in [0, 0.05) is 0 Å². The first-order chi connectivity index (χ1) is 6.35. The molecule has 0 aromatic carbocycles. The average molecular weight is 215 g/mol. The maximum atomic E-state index is 2.64. The molecule has 0 rings (SSSR count). The molecule has 2 heteroatoms. The van der Waals surface area contributed by atoms with Crippen molar-refractivity contribution in [1.29, 1.82) is 0 Å². The Morgan fingerprint density at radius 3 is 1.14 bits per heavy atom. The molecule has 0 radical (unpaired) electrons. The molecule has 14 heavy (non-hydrogen) atoms. The van der Waals surface area contributed by atoms with Crippen molar-refractivity contribution in [2.24, 2.45) is 0 Å². The van der Waals surface area contributed by atoms with E-state index >= 15 is 0 Å². The van der Waals surface area contributed by atoms with Crippen LogP contribution >= 0.6 is 0 Å². The molecular formula is C12H30AlN. The molecule has 1 nitrogen and oxygen atoms in total. The van der Waals surface area contributed by atoms with Crippen LogP contribution in [0, 0.1) is 0 Å². The van der Waals surface area contributed by atoms with Crippen LogP contribution in [-0.2, 0) is 0 Å². The fourth-order valence-corrected chi connectivity index (χ4v) is 1.48. The van der Waals surface area contributed by atoms with Crippen LogP contribution in [0.5, 0.6) is 0 Å². The van der Waals surface area contributed by atoms with Gasteiger partial charge in [-0.3, -0.25) is 0 Å². The van der Waals surface area contributed by atoms with Crippen LogP contribution in [0.4, 0.5) is 0 Å². The molecule has 0 aromatic heterocycles. The molecule has 0 heterocycles. The summed E-state index contributed by atoms with van der Waals surface area (Å²) in [5.74, 6) is 0. The van der Waals surface area contributed by atoms with Crippen LogP contribution in [0.1, 0.15) is 59.3 Å². The van der Waals surface area contributed by atoms with Crippen molar-refractivity contribution in [3.63, 3.8) is 0 Å². The van der Waals surface area contributed by atoms with Gasteiger partial charge in [0.2, 0.25) is 0 Å². The van der Waals surface area contributed by atoms with Crippen LogP contribution in [0.3, 0.4) is 0 Å². The lowest BCUT2D eigenvalue weighted by Gasteiger charge is -2.21. The van der Waals surface area contributed by atoms with Crippen molar-refractivity contribution >= 4 is 17.4 Å². The summed E-state index contributed by atoms with van der Waals surface area (Å²) in [4.78, 5) is 2.64. The highest BCUT2D eigenvalue weighted by Crippen LogP contribution is 2.01. The number of rotatable bonds is 9. The van der Waals surface area contributed by atoms with E-state index < -0.39 is 0 Å². The maximum absolute atomic E-state index is 2.64. The zero-order valence-electron chi connectivity index (χ0n) is 9.81. The Morgan fingerprint density at radius 2 is 0.929 bits per heavy atom. The first-order valence-electron chi connectivity index (χ1n) is 6.07. The predicted molar refractivity (Wildman–Crippen MR) is 71.1 cm³/mol. The normalized spacial score (nSPS) is 10.3. The molecule has 0 atom stereocenters. The zero-order chi connectivity index (χ0) is 9.94. The minimum Gasteiger partial charge on any atom is -0.303 e. The number of unbranched alkanes of at least 4 members (excludes halogenated alkanes) is 3. The lowest BCUT2D eigenvalue weighted by atomic mass is 10.2. The highest BCUT2D eigenvalue weighted by Gasteiger charge is 2.01. The smallest absolute Gasteiger partial charge is 0.187 e. The Labute approximate surface area is 101 Å². The molecule has 0 aliphatic rings. The maximum Gasteiger partial charge on any atom is 0.187 e. The molecule has 0 N–H and O–H groups in total. The summed E-state index contributed by atoms with van der Waals surface area (Å²) < 4.78 is 0. The van der Waals surface area contributed by atoms with E-state index in [1.54, 1.807) is 0 Å². The van der Waals surface area contributed by atoms with Gasteiger partial charge in [0.15, 0.2) is 17.4 Å². The lowest BCUT2D eigenvalue weighted by Crippen LogP contribution is -2.27. The minimum absolute atomic E-state index is 0. The van der Waals surface area contributed by atoms with Crippen LogP contribution in [0.2, 0.25) is 0 Å². The van der Waals surface area contributed by atoms with Crippen LogP contribution < -0.4 is 0 Å². The molecule has 0 aliphatic heterocycles. The van der Waals surface area contributed by atoms with Gasteiger partial charge in [-0.15, -0.1) is 0 Å². The zero-order valence-corrected chi connectivity index (χ0v) is 9.81. The second-order valence-electron chi connectivity index (χ2n) is 3.90. The fraction of sp³-hybridized carbons (Fsp3) is 1.00. The highest BCUT2D eigenvalue weighted by molar-refractivity contribution is 5.75. The van der Waals surface area contributed by atoms with Crippen molar-refractivity contribution in [3.8, 4) is 0 Å². The number of hydrogen-bond donors (Lipinski definition) is 0. The molecule has 0 aromatic rings. The Balaban J connectivity index is 0. The summed E-state index contributed by atoms with van der Waals surface area (Å²) in [5, 5.41) is 0. The Morgan fingerprint density at radius 1 is 0.643 bits per heavy atom. The summed E-state index contributed by atoms with van der Waals surface area (Å²) in [6, 6.07) is 0. The Kier molecular flexibility index (Phi) is 16.3. The molecule has 0 saturated heterocycles. The van der Waals surface area contributed by atoms with Crippen molar-refractivity contribution in [2.75, 3.05) is 19.6 Å². The number of nitrogens with zero attached hydrogens (tertiary/aromatic N) is 1. The molecule has 0 unspecified atom stereocenters. The SMILES string of the molecule is CCCCN(CCCC)CCCC.[AlH3]. The Bertz CT molecular complexity index is 77.3. The summed E-state index contributed by atoms with van der Waals surface area (Å²) in [6.45, 7) is 10.8. The second-order valence-corrected chi connectivity index (χ2v) is 3.90. The first kappa shape index (κ1) is 16.9. The highest BCUT2D eigenvalue weighted by atomic mass is 27.0. The van der Waals surface area contributed by atoms with Gasteiger partial charge in [0.1, 0.15) is 0 Å². The third-order valence-corrected chi connectivity index (χ3v) is 2.48. The van der Waals surface area contributed by atoms with Crippen molar-refractivity contribution in [3.05, 3.63) is 0 Å². The van der Waals surface area contributed by atoms with Gasteiger partial charge in [-0.1, -0.05) is 40.0 Å².